The van der Waals surface area contributed by atoms with Gasteiger partial charge in [-0.05, 0) is 24.6 Å². The summed E-state index contributed by atoms with van der Waals surface area (Å²) in [6.45, 7) is 10.1. The topological polar surface area (TPSA) is 30.7 Å². The summed E-state index contributed by atoms with van der Waals surface area (Å²) in [7, 11) is 1.98. The molecule has 0 radical (unpaired) electrons. The van der Waals surface area contributed by atoms with Crippen LogP contribution in [-0.4, -0.2) is 14.8 Å². The lowest BCUT2D eigenvalue weighted by Crippen LogP contribution is -1.92. The lowest BCUT2D eigenvalue weighted by molar-refractivity contribution is 0.743. The molecule has 0 aliphatic heterocycles. The maximum atomic E-state index is 4.65. The van der Waals surface area contributed by atoms with Gasteiger partial charge in [0.15, 0.2) is 0 Å². The molecule has 0 atom stereocenters. The van der Waals surface area contributed by atoms with E-state index >= 15 is 0 Å². The summed E-state index contributed by atoms with van der Waals surface area (Å²) in [4.78, 5) is 4.07. The molecule has 2 heterocycles. The fraction of sp³-hybridized carbons (Fsp3) is 0.300. The second kappa shape index (κ2) is 9.57. The van der Waals surface area contributed by atoms with Crippen molar-refractivity contribution in [3.63, 3.8) is 0 Å². The van der Waals surface area contributed by atoms with Crippen molar-refractivity contribution in [2.45, 2.75) is 34.6 Å². The predicted octanol–water partition coefficient (Wildman–Crippen LogP) is 5.51. The second-order valence-corrected chi connectivity index (χ2v) is 4.53. The summed E-state index contributed by atoms with van der Waals surface area (Å²) in [6, 6.07) is 14.4. The SMILES string of the molecule is CC.CC.Cc1c(-c2ccccc2)c(-c2ccncc2)nn1C. The zero-order valence-corrected chi connectivity index (χ0v) is 15.0. The Kier molecular flexibility index (Phi) is 7.75. The van der Waals surface area contributed by atoms with Crippen LogP contribution in [0.2, 0.25) is 0 Å². The van der Waals surface area contributed by atoms with Gasteiger partial charge in [0.25, 0.3) is 0 Å². The van der Waals surface area contributed by atoms with Gasteiger partial charge in [-0.3, -0.25) is 9.67 Å². The molecule has 0 aliphatic carbocycles. The normalized spacial score (nSPS) is 9.30. The summed E-state index contributed by atoms with van der Waals surface area (Å²) in [5.41, 5.74) is 5.65. The number of nitrogens with zero attached hydrogens (tertiary/aromatic N) is 3. The zero-order valence-electron chi connectivity index (χ0n) is 15.0. The van der Waals surface area contributed by atoms with Crippen LogP contribution < -0.4 is 0 Å². The fourth-order valence-electron chi connectivity index (χ4n) is 2.27. The van der Waals surface area contributed by atoms with Crippen molar-refractivity contribution in [2.24, 2.45) is 7.05 Å². The van der Waals surface area contributed by atoms with Gasteiger partial charge < -0.3 is 0 Å². The summed E-state index contributed by atoms with van der Waals surface area (Å²) in [6.07, 6.45) is 3.60. The molecule has 0 bridgehead atoms. The lowest BCUT2D eigenvalue weighted by atomic mass is 10.00. The van der Waals surface area contributed by atoms with Crippen LogP contribution in [0.1, 0.15) is 33.4 Å². The molecule has 122 valence electrons. The van der Waals surface area contributed by atoms with Gasteiger partial charge in [-0.1, -0.05) is 58.0 Å². The summed E-state index contributed by atoms with van der Waals surface area (Å²) >= 11 is 0. The molecule has 0 spiro atoms. The molecule has 3 nitrogen and oxygen atoms in total. The van der Waals surface area contributed by atoms with Crippen LogP contribution in [0.3, 0.4) is 0 Å². The molecule has 2 aromatic heterocycles. The van der Waals surface area contributed by atoms with Crippen molar-refractivity contribution < 1.29 is 0 Å². The number of rotatable bonds is 2. The smallest absolute Gasteiger partial charge is 0.100 e. The van der Waals surface area contributed by atoms with E-state index in [1.54, 1.807) is 12.4 Å². The van der Waals surface area contributed by atoms with Gasteiger partial charge in [-0.15, -0.1) is 0 Å². The molecular formula is C20H27N3. The monoisotopic (exact) mass is 309 g/mol. The number of hydrogen-bond donors (Lipinski definition) is 0. The van der Waals surface area contributed by atoms with Crippen molar-refractivity contribution in [1.29, 1.82) is 0 Å². The number of aromatic nitrogens is 3. The van der Waals surface area contributed by atoms with Crippen LogP contribution in [0.4, 0.5) is 0 Å². The van der Waals surface area contributed by atoms with Gasteiger partial charge in [0.1, 0.15) is 5.69 Å². The van der Waals surface area contributed by atoms with Crippen molar-refractivity contribution in [2.75, 3.05) is 0 Å². The third-order valence-corrected chi connectivity index (χ3v) is 3.35. The van der Waals surface area contributed by atoms with Crippen molar-refractivity contribution >= 4 is 0 Å². The molecule has 0 saturated carbocycles. The van der Waals surface area contributed by atoms with Gasteiger partial charge >= 0.3 is 0 Å². The Morgan fingerprint density at radius 1 is 0.783 bits per heavy atom. The molecule has 0 unspecified atom stereocenters. The molecule has 23 heavy (non-hydrogen) atoms. The minimum absolute atomic E-state index is 1.01. The number of aryl methyl sites for hydroxylation is 1. The average Bonchev–Trinajstić information content (AvgIpc) is 2.95. The van der Waals surface area contributed by atoms with Crippen molar-refractivity contribution in [3.8, 4) is 22.4 Å². The number of pyridine rings is 1. The molecule has 0 N–H and O–H groups in total. The summed E-state index contributed by atoms with van der Waals surface area (Å²) in [5.74, 6) is 0. The Morgan fingerprint density at radius 3 is 1.91 bits per heavy atom. The van der Waals surface area contributed by atoms with Gasteiger partial charge in [0.05, 0.1) is 0 Å². The molecule has 3 rings (SSSR count). The zero-order chi connectivity index (χ0) is 17.2. The highest BCUT2D eigenvalue weighted by atomic mass is 15.3. The van der Waals surface area contributed by atoms with Crippen LogP contribution in [-0.2, 0) is 7.05 Å². The van der Waals surface area contributed by atoms with Gasteiger partial charge in [0.2, 0.25) is 0 Å². The first-order valence-electron chi connectivity index (χ1n) is 8.27. The van der Waals surface area contributed by atoms with Crippen LogP contribution in [0.15, 0.2) is 54.9 Å². The third-order valence-electron chi connectivity index (χ3n) is 3.35. The highest BCUT2D eigenvalue weighted by Crippen LogP contribution is 2.33. The van der Waals surface area contributed by atoms with Gasteiger partial charge in [-0.25, -0.2) is 0 Å². The first-order valence-corrected chi connectivity index (χ1v) is 8.27. The Bertz CT molecular complexity index is 686. The van der Waals surface area contributed by atoms with Crippen LogP contribution in [0, 0.1) is 6.92 Å². The minimum atomic E-state index is 1.01. The van der Waals surface area contributed by atoms with E-state index in [4.69, 9.17) is 0 Å². The van der Waals surface area contributed by atoms with E-state index in [0.717, 1.165) is 17.0 Å². The number of hydrogen-bond acceptors (Lipinski definition) is 2. The molecule has 0 fully saturated rings. The standard InChI is InChI=1S/C16H15N3.2C2H6/c1-12-15(13-6-4-3-5-7-13)16(18-19(12)2)14-8-10-17-11-9-14;2*1-2/h3-11H,1-2H3;2*1-2H3. The van der Waals surface area contributed by atoms with Crippen molar-refractivity contribution in [1.82, 2.24) is 14.8 Å². The molecule has 0 amide bonds. The maximum Gasteiger partial charge on any atom is 0.100 e. The van der Waals surface area contributed by atoms with Crippen LogP contribution >= 0.6 is 0 Å². The lowest BCUT2D eigenvalue weighted by Gasteiger charge is -2.04. The van der Waals surface area contributed by atoms with Gasteiger partial charge in [0, 0.05) is 36.3 Å². The largest absolute Gasteiger partial charge is 0.272 e. The Labute approximate surface area is 140 Å². The first-order chi connectivity index (χ1) is 11.3. The van der Waals surface area contributed by atoms with E-state index in [-0.39, 0.29) is 0 Å². The van der Waals surface area contributed by atoms with E-state index in [9.17, 15) is 0 Å². The Morgan fingerprint density at radius 2 is 1.35 bits per heavy atom. The highest BCUT2D eigenvalue weighted by molar-refractivity contribution is 5.82. The Hall–Kier alpha value is -2.42. The Balaban J connectivity index is 0.000000615. The molecule has 0 aliphatic rings. The highest BCUT2D eigenvalue weighted by Gasteiger charge is 2.15. The van der Waals surface area contributed by atoms with E-state index in [1.165, 1.54) is 11.1 Å². The maximum absolute atomic E-state index is 4.65. The van der Waals surface area contributed by atoms with Crippen LogP contribution in [0.25, 0.3) is 22.4 Å². The van der Waals surface area contributed by atoms with E-state index in [2.05, 4.69) is 41.3 Å². The molecule has 1 aromatic carbocycles. The average molecular weight is 309 g/mol. The van der Waals surface area contributed by atoms with Crippen molar-refractivity contribution in [3.05, 3.63) is 60.6 Å². The van der Waals surface area contributed by atoms with Crippen LogP contribution in [0.5, 0.6) is 0 Å². The first kappa shape index (κ1) is 18.6. The third kappa shape index (κ3) is 4.28. The van der Waals surface area contributed by atoms with Gasteiger partial charge in [-0.2, -0.15) is 5.10 Å². The number of benzene rings is 1. The summed E-state index contributed by atoms with van der Waals surface area (Å²) in [5, 5.41) is 4.65. The van der Waals surface area contributed by atoms with E-state index in [0.29, 0.717) is 0 Å². The van der Waals surface area contributed by atoms with E-state index in [1.807, 2.05) is 57.6 Å². The van der Waals surface area contributed by atoms with E-state index < -0.39 is 0 Å². The minimum Gasteiger partial charge on any atom is -0.272 e. The molecular weight excluding hydrogens is 282 g/mol. The predicted molar refractivity (Wildman–Crippen MR) is 99.3 cm³/mol. The molecule has 3 aromatic rings. The quantitative estimate of drug-likeness (QED) is 0.625. The second-order valence-electron chi connectivity index (χ2n) is 4.53. The fourth-order valence-corrected chi connectivity index (χ4v) is 2.27. The summed E-state index contributed by atoms with van der Waals surface area (Å²) < 4.78 is 1.93. The molecule has 3 heteroatoms. The molecule has 0 saturated heterocycles.